The van der Waals surface area contributed by atoms with E-state index in [1.807, 2.05) is 0 Å². The van der Waals surface area contributed by atoms with Gasteiger partial charge >= 0.3 is 11.9 Å². The van der Waals surface area contributed by atoms with Gasteiger partial charge in [0, 0.05) is 0 Å². The Bertz CT molecular complexity index is 744. The largest absolute Gasteiger partial charge is 0.508 e. The lowest BCUT2D eigenvalue weighted by atomic mass is 9.95. The lowest BCUT2D eigenvalue weighted by Crippen LogP contribution is -2.14. The molecule has 0 bridgehead atoms. The quantitative estimate of drug-likeness (QED) is 0.188. The zero-order valence-electron chi connectivity index (χ0n) is 19.1. The van der Waals surface area contributed by atoms with E-state index in [1.165, 1.54) is 0 Å². The Kier molecular flexibility index (Phi) is 8.07. The van der Waals surface area contributed by atoms with E-state index in [2.05, 4.69) is 0 Å². The molecule has 0 unspecified atom stereocenters. The molecule has 1 aromatic carbocycles. The monoisotopic (exact) mass is 446 g/mol. The molecule has 2 fully saturated rings. The zero-order valence-corrected chi connectivity index (χ0v) is 19.1. The number of carbonyl (C=O) groups is 2. The molecule has 0 aromatic heterocycles. The third-order valence-corrected chi connectivity index (χ3v) is 7.57. The number of unbranched alkanes of at least 4 members (excludes halogenated alkanes) is 6. The minimum absolute atomic E-state index is 0.182. The van der Waals surface area contributed by atoms with Crippen LogP contribution < -0.4 is 0 Å². The van der Waals surface area contributed by atoms with Gasteiger partial charge in [-0.1, -0.05) is 38.5 Å². The van der Waals surface area contributed by atoms with Gasteiger partial charge in [0.2, 0.25) is 0 Å². The molecule has 1 aromatic rings. The number of phenolic OH excluding ortho intramolecular Hbond substituents is 2. The molecule has 0 radical (unpaired) electrons. The maximum absolute atomic E-state index is 11.2. The third-order valence-electron chi connectivity index (χ3n) is 7.57. The minimum Gasteiger partial charge on any atom is -0.508 e. The van der Waals surface area contributed by atoms with Gasteiger partial charge in [0.1, 0.15) is 11.5 Å². The van der Waals surface area contributed by atoms with Crippen LogP contribution in [0.3, 0.4) is 0 Å². The highest BCUT2D eigenvalue weighted by atomic mass is 16.4. The third kappa shape index (κ3) is 6.39. The van der Waals surface area contributed by atoms with E-state index in [0.29, 0.717) is 12.8 Å². The maximum Gasteiger partial charge on any atom is 0.309 e. The van der Waals surface area contributed by atoms with Crippen LogP contribution in [0.25, 0.3) is 0 Å². The molecule has 0 spiro atoms. The number of hydrogen-bond acceptors (Lipinski definition) is 4. The molecular formula is C26H38O6. The highest BCUT2D eigenvalue weighted by Gasteiger charge is 2.49. The summed E-state index contributed by atoms with van der Waals surface area (Å²) in [6.45, 7) is 0. The molecule has 3 rings (SSSR count). The first-order valence-corrected chi connectivity index (χ1v) is 12.3. The molecule has 2 saturated carbocycles. The van der Waals surface area contributed by atoms with Gasteiger partial charge < -0.3 is 20.4 Å². The van der Waals surface area contributed by atoms with Crippen molar-refractivity contribution >= 4 is 11.9 Å². The van der Waals surface area contributed by atoms with E-state index in [1.54, 1.807) is 12.1 Å². The lowest BCUT2D eigenvalue weighted by Gasteiger charge is -2.12. The van der Waals surface area contributed by atoms with E-state index in [9.17, 15) is 30.0 Å². The van der Waals surface area contributed by atoms with E-state index in [4.69, 9.17) is 0 Å². The first-order valence-electron chi connectivity index (χ1n) is 12.3. The SMILES string of the molecule is O=C(O)C1(CCCCCCc2cc(O)cc(CCCCCCC3(C(=O)O)CC3)c2O)CC1. The molecule has 0 saturated heterocycles. The summed E-state index contributed by atoms with van der Waals surface area (Å²) < 4.78 is 0. The number of carboxylic acids is 2. The summed E-state index contributed by atoms with van der Waals surface area (Å²) in [6, 6.07) is 3.28. The number of benzene rings is 1. The smallest absolute Gasteiger partial charge is 0.309 e. The average Bonchev–Trinajstić information content (AvgIpc) is 3.65. The fraction of sp³-hybridized carbons (Fsp3) is 0.692. The van der Waals surface area contributed by atoms with Gasteiger partial charge in [-0.05, 0) is 87.5 Å². The fourth-order valence-corrected chi connectivity index (χ4v) is 4.83. The molecule has 32 heavy (non-hydrogen) atoms. The van der Waals surface area contributed by atoms with Crippen molar-refractivity contribution in [2.24, 2.45) is 10.8 Å². The lowest BCUT2D eigenvalue weighted by molar-refractivity contribution is -0.144. The number of phenols is 2. The Morgan fingerprint density at radius 1 is 0.656 bits per heavy atom. The summed E-state index contributed by atoms with van der Waals surface area (Å²) in [5.74, 6) is -0.834. The molecule has 0 atom stereocenters. The normalized spacial score (nSPS) is 17.8. The summed E-state index contributed by atoms with van der Waals surface area (Å²) in [5, 5.41) is 39.2. The zero-order chi connectivity index (χ0) is 23.2. The van der Waals surface area contributed by atoms with Crippen LogP contribution in [-0.2, 0) is 22.4 Å². The fourth-order valence-electron chi connectivity index (χ4n) is 4.83. The minimum atomic E-state index is -0.651. The average molecular weight is 447 g/mol. The molecule has 2 aliphatic rings. The molecule has 4 N–H and O–H groups in total. The highest BCUT2D eigenvalue weighted by Crippen LogP contribution is 2.50. The van der Waals surface area contributed by atoms with Crippen molar-refractivity contribution in [2.45, 2.75) is 103 Å². The molecule has 178 valence electrons. The number of aromatic hydroxyl groups is 2. The predicted molar refractivity (Wildman–Crippen MR) is 122 cm³/mol. The van der Waals surface area contributed by atoms with Crippen molar-refractivity contribution in [2.75, 3.05) is 0 Å². The van der Waals surface area contributed by atoms with Crippen LogP contribution >= 0.6 is 0 Å². The maximum atomic E-state index is 11.2. The number of carboxylic acid groups (broad SMARTS) is 2. The van der Waals surface area contributed by atoms with E-state index >= 15 is 0 Å². The van der Waals surface area contributed by atoms with Gasteiger partial charge in [0.25, 0.3) is 0 Å². The van der Waals surface area contributed by atoms with Gasteiger partial charge in [0.05, 0.1) is 10.8 Å². The highest BCUT2D eigenvalue weighted by molar-refractivity contribution is 5.78. The summed E-state index contributed by atoms with van der Waals surface area (Å²) in [6.07, 6.45) is 13.8. The van der Waals surface area contributed by atoms with Gasteiger partial charge in [-0.25, -0.2) is 0 Å². The van der Waals surface area contributed by atoms with Crippen LogP contribution in [0, 0.1) is 10.8 Å². The van der Waals surface area contributed by atoms with Crippen molar-refractivity contribution in [3.05, 3.63) is 23.3 Å². The molecule has 0 aliphatic heterocycles. The Morgan fingerprint density at radius 2 is 1.03 bits per heavy atom. The topological polar surface area (TPSA) is 115 Å². The Labute approximate surface area is 190 Å². The standard InChI is InChI=1S/C26H38O6/c27-21-17-19(9-5-1-3-7-11-25(13-14-25)23(29)30)22(28)20(18-21)10-6-2-4-8-12-26(15-16-26)24(31)32/h17-18,27-28H,1-16H2,(H,29,30)(H,31,32). The van der Waals surface area contributed by atoms with Crippen molar-refractivity contribution in [1.29, 1.82) is 0 Å². The van der Waals surface area contributed by atoms with Crippen LogP contribution in [0.15, 0.2) is 12.1 Å². The van der Waals surface area contributed by atoms with Crippen LogP contribution in [0.1, 0.15) is 101 Å². The summed E-state index contributed by atoms with van der Waals surface area (Å²) in [5.41, 5.74) is 0.685. The van der Waals surface area contributed by atoms with E-state index < -0.39 is 22.8 Å². The van der Waals surface area contributed by atoms with Gasteiger partial charge in [-0.15, -0.1) is 0 Å². The van der Waals surface area contributed by atoms with Gasteiger partial charge in [-0.3, -0.25) is 9.59 Å². The molecule has 0 amide bonds. The van der Waals surface area contributed by atoms with Crippen molar-refractivity contribution in [3.8, 4) is 11.5 Å². The van der Waals surface area contributed by atoms with E-state index in [0.717, 1.165) is 101 Å². The van der Waals surface area contributed by atoms with Crippen LogP contribution in [0.5, 0.6) is 11.5 Å². The van der Waals surface area contributed by atoms with Crippen molar-refractivity contribution < 1.29 is 30.0 Å². The summed E-state index contributed by atoms with van der Waals surface area (Å²) in [4.78, 5) is 22.4. The second kappa shape index (κ2) is 10.6. The number of aliphatic carboxylic acids is 2. The molecular weight excluding hydrogens is 408 g/mol. The predicted octanol–water partition coefficient (Wildman–Crippen LogP) is 5.81. The van der Waals surface area contributed by atoms with Gasteiger partial charge in [-0.2, -0.15) is 0 Å². The summed E-state index contributed by atoms with van der Waals surface area (Å²) >= 11 is 0. The second-order valence-corrected chi connectivity index (χ2v) is 10.1. The van der Waals surface area contributed by atoms with Crippen molar-refractivity contribution in [3.63, 3.8) is 0 Å². The molecule has 0 heterocycles. The number of rotatable bonds is 16. The molecule has 2 aliphatic carbocycles. The Hall–Kier alpha value is -2.24. The second-order valence-electron chi connectivity index (χ2n) is 10.1. The van der Waals surface area contributed by atoms with E-state index in [-0.39, 0.29) is 11.5 Å². The Morgan fingerprint density at radius 3 is 1.38 bits per heavy atom. The first-order chi connectivity index (χ1) is 15.3. The van der Waals surface area contributed by atoms with Crippen molar-refractivity contribution in [1.82, 2.24) is 0 Å². The van der Waals surface area contributed by atoms with Crippen LogP contribution in [-0.4, -0.2) is 32.4 Å². The summed E-state index contributed by atoms with van der Waals surface area (Å²) in [7, 11) is 0. The number of aryl methyl sites for hydroxylation is 2. The molecule has 6 heteroatoms. The number of hydrogen-bond donors (Lipinski definition) is 4. The van der Waals surface area contributed by atoms with Crippen LogP contribution in [0.2, 0.25) is 0 Å². The van der Waals surface area contributed by atoms with Crippen LogP contribution in [0.4, 0.5) is 0 Å². The van der Waals surface area contributed by atoms with Gasteiger partial charge in [0.15, 0.2) is 0 Å². The molecule has 6 nitrogen and oxygen atoms in total. The Balaban J connectivity index is 1.33. The first kappa shape index (κ1) is 24.4.